The highest BCUT2D eigenvalue weighted by atomic mass is 16.7. The Labute approximate surface area is 99.7 Å². The number of rotatable bonds is 3. The zero-order valence-corrected chi connectivity index (χ0v) is 8.73. The molecule has 4 N–H and O–H groups in total. The molecule has 0 aromatic heterocycles. The van der Waals surface area contributed by atoms with E-state index in [2.05, 4.69) is 4.74 Å². The van der Waals surface area contributed by atoms with Gasteiger partial charge in [0.25, 0.3) is 0 Å². The van der Waals surface area contributed by atoms with Crippen molar-refractivity contribution in [3.63, 3.8) is 0 Å². The van der Waals surface area contributed by atoms with Crippen molar-refractivity contribution in [1.29, 1.82) is 0 Å². The van der Waals surface area contributed by atoms with Gasteiger partial charge in [0, 0.05) is 0 Å². The summed E-state index contributed by atoms with van der Waals surface area (Å²) in [7, 11) is 0. The average Bonchev–Trinajstić information content (AvgIpc) is 2.27. The third-order valence-corrected chi connectivity index (χ3v) is 1.84. The van der Waals surface area contributed by atoms with Gasteiger partial charge in [-0.15, -0.1) is 0 Å². The molecule has 0 radical (unpaired) electrons. The average molecular weight is 256 g/mol. The van der Waals surface area contributed by atoms with Gasteiger partial charge in [0.1, 0.15) is 0 Å². The van der Waals surface area contributed by atoms with Crippen LogP contribution in [0.4, 0.5) is 0 Å². The predicted octanol–water partition coefficient (Wildman–Crippen LogP) is -1.30. The second kappa shape index (κ2) is 4.92. The second-order valence-corrected chi connectivity index (χ2v) is 3.16. The molecule has 0 atom stereocenters. The summed E-state index contributed by atoms with van der Waals surface area (Å²) in [6.07, 6.45) is 0. The first-order chi connectivity index (χ1) is 8.23. The summed E-state index contributed by atoms with van der Waals surface area (Å²) in [6.45, 7) is 0. The van der Waals surface area contributed by atoms with Gasteiger partial charge in [-0.25, -0.2) is 14.4 Å². The molecule has 0 unspecified atom stereocenters. The largest absolute Gasteiger partial charge is 0.478 e. The van der Waals surface area contributed by atoms with E-state index in [1.807, 2.05) is 0 Å². The number of carbonyl (C=O) groups excluding carboxylic acids is 2. The lowest BCUT2D eigenvalue weighted by Gasteiger charge is -2.11. The maximum atomic E-state index is 11.4. The minimum atomic E-state index is -3.83. The first kappa shape index (κ1) is 13.8. The Balaban J connectivity index is 2.99. The Morgan fingerprint density at radius 3 is 1.94 bits per heavy atom. The van der Waals surface area contributed by atoms with E-state index in [-0.39, 0.29) is 0 Å². The van der Waals surface area contributed by atoms with Crippen LogP contribution >= 0.6 is 0 Å². The normalized spacial score (nSPS) is 10.8. The Morgan fingerprint density at radius 2 is 1.50 bits per heavy atom. The molecule has 0 aliphatic carbocycles. The predicted molar refractivity (Wildman–Crippen MR) is 53.2 cm³/mol. The number of hydrogen-bond acceptors (Lipinski definition) is 7. The SMILES string of the molecule is O=C(O)c1ccccc1C(=O)OC(=O)C(O)(O)O. The summed E-state index contributed by atoms with van der Waals surface area (Å²) in [5.41, 5.74) is -0.905. The summed E-state index contributed by atoms with van der Waals surface area (Å²) < 4.78 is 3.90. The number of hydrogen-bond donors (Lipinski definition) is 4. The van der Waals surface area contributed by atoms with E-state index >= 15 is 0 Å². The van der Waals surface area contributed by atoms with Gasteiger partial charge in [-0.3, -0.25) is 0 Å². The molecule has 0 saturated carbocycles. The molecule has 96 valence electrons. The lowest BCUT2D eigenvalue weighted by Crippen LogP contribution is -2.40. The van der Waals surface area contributed by atoms with Crippen molar-refractivity contribution in [2.24, 2.45) is 0 Å². The first-order valence-corrected chi connectivity index (χ1v) is 4.49. The smallest absolute Gasteiger partial charge is 0.405 e. The van der Waals surface area contributed by atoms with Crippen LogP contribution in [0.1, 0.15) is 20.7 Å². The minimum Gasteiger partial charge on any atom is -0.478 e. The lowest BCUT2D eigenvalue weighted by atomic mass is 10.1. The van der Waals surface area contributed by atoms with Gasteiger partial charge in [0.2, 0.25) is 0 Å². The van der Waals surface area contributed by atoms with E-state index in [1.54, 1.807) is 0 Å². The van der Waals surface area contributed by atoms with Gasteiger partial charge < -0.3 is 25.2 Å². The summed E-state index contributed by atoms with van der Waals surface area (Å²) in [5, 5.41) is 34.1. The fourth-order valence-electron chi connectivity index (χ4n) is 1.06. The first-order valence-electron chi connectivity index (χ1n) is 4.49. The number of esters is 2. The number of benzene rings is 1. The number of aliphatic hydroxyl groups is 3. The molecule has 0 aliphatic heterocycles. The zero-order chi connectivity index (χ0) is 13.9. The van der Waals surface area contributed by atoms with Gasteiger partial charge in [-0.2, -0.15) is 0 Å². The van der Waals surface area contributed by atoms with E-state index in [1.165, 1.54) is 12.1 Å². The molecule has 0 heterocycles. The van der Waals surface area contributed by atoms with Crippen molar-refractivity contribution < 1.29 is 39.5 Å². The highest BCUT2D eigenvalue weighted by Crippen LogP contribution is 2.11. The minimum absolute atomic E-state index is 0.435. The number of aromatic carboxylic acids is 1. The van der Waals surface area contributed by atoms with Crippen LogP contribution in [-0.4, -0.2) is 44.3 Å². The zero-order valence-electron chi connectivity index (χ0n) is 8.73. The van der Waals surface area contributed by atoms with Crippen LogP contribution in [0.15, 0.2) is 24.3 Å². The fourth-order valence-corrected chi connectivity index (χ4v) is 1.06. The summed E-state index contributed by atoms with van der Waals surface area (Å²) in [5.74, 6) is -8.72. The van der Waals surface area contributed by atoms with E-state index < -0.39 is 35.0 Å². The molecule has 0 fully saturated rings. The lowest BCUT2D eigenvalue weighted by molar-refractivity contribution is -0.299. The van der Waals surface area contributed by atoms with Crippen molar-refractivity contribution in [3.8, 4) is 0 Å². The van der Waals surface area contributed by atoms with Gasteiger partial charge in [0.15, 0.2) is 0 Å². The topological polar surface area (TPSA) is 141 Å². The van der Waals surface area contributed by atoms with Crippen molar-refractivity contribution in [2.75, 3.05) is 0 Å². The molecule has 1 aromatic carbocycles. The maximum absolute atomic E-state index is 11.4. The third kappa shape index (κ3) is 3.10. The summed E-state index contributed by atoms with van der Waals surface area (Å²) in [6, 6.07) is 4.81. The Morgan fingerprint density at radius 1 is 1.00 bits per heavy atom. The van der Waals surface area contributed by atoms with E-state index in [4.69, 9.17) is 20.4 Å². The number of carbonyl (C=O) groups is 3. The molecular formula is C10H8O8. The molecule has 18 heavy (non-hydrogen) atoms. The molecule has 0 saturated heterocycles. The van der Waals surface area contributed by atoms with Crippen molar-refractivity contribution in [3.05, 3.63) is 35.4 Å². The van der Waals surface area contributed by atoms with Crippen LogP contribution in [-0.2, 0) is 9.53 Å². The monoisotopic (exact) mass is 256 g/mol. The number of ether oxygens (including phenoxy) is 1. The van der Waals surface area contributed by atoms with Crippen LogP contribution in [0.25, 0.3) is 0 Å². The third-order valence-electron chi connectivity index (χ3n) is 1.84. The number of carboxylic acid groups (broad SMARTS) is 1. The molecule has 0 amide bonds. The van der Waals surface area contributed by atoms with Gasteiger partial charge in [-0.1, -0.05) is 12.1 Å². The quantitative estimate of drug-likeness (QED) is 0.297. The molecular weight excluding hydrogens is 248 g/mol. The van der Waals surface area contributed by atoms with Gasteiger partial charge in [-0.05, 0) is 12.1 Å². The van der Waals surface area contributed by atoms with E-state index in [0.29, 0.717) is 0 Å². The summed E-state index contributed by atoms with van der Waals surface area (Å²) in [4.78, 5) is 32.9. The van der Waals surface area contributed by atoms with Crippen LogP contribution < -0.4 is 0 Å². The highest BCUT2D eigenvalue weighted by Gasteiger charge is 2.35. The molecule has 1 rings (SSSR count). The maximum Gasteiger partial charge on any atom is 0.405 e. The standard InChI is InChI=1S/C10H8O8/c11-7(12)5-3-1-2-4-6(5)8(13)18-9(14)10(15,16)17/h1-4,15-17H,(H,11,12). The second-order valence-electron chi connectivity index (χ2n) is 3.16. The molecule has 1 aromatic rings. The van der Waals surface area contributed by atoms with Crippen LogP contribution in [0.3, 0.4) is 0 Å². The van der Waals surface area contributed by atoms with Crippen molar-refractivity contribution >= 4 is 17.9 Å². The molecule has 0 spiro atoms. The van der Waals surface area contributed by atoms with Crippen molar-refractivity contribution in [1.82, 2.24) is 0 Å². The summed E-state index contributed by atoms with van der Waals surface area (Å²) >= 11 is 0. The van der Waals surface area contributed by atoms with Gasteiger partial charge >= 0.3 is 23.9 Å². The van der Waals surface area contributed by atoms with Crippen LogP contribution in [0, 0.1) is 0 Å². The van der Waals surface area contributed by atoms with Crippen LogP contribution in [0.5, 0.6) is 0 Å². The van der Waals surface area contributed by atoms with Gasteiger partial charge in [0.05, 0.1) is 11.1 Å². The van der Waals surface area contributed by atoms with Crippen LogP contribution in [0.2, 0.25) is 0 Å². The molecule has 0 aliphatic rings. The van der Waals surface area contributed by atoms with E-state index in [9.17, 15) is 14.4 Å². The Hall–Kier alpha value is -2.29. The number of carboxylic acids is 1. The molecule has 0 bridgehead atoms. The Bertz CT molecular complexity index is 499. The molecule has 8 nitrogen and oxygen atoms in total. The highest BCUT2D eigenvalue weighted by molar-refractivity contribution is 6.05. The fraction of sp³-hybridized carbons (Fsp3) is 0.100. The van der Waals surface area contributed by atoms with Crippen molar-refractivity contribution in [2.45, 2.75) is 5.97 Å². The Kier molecular flexibility index (Phi) is 3.76. The molecule has 8 heteroatoms. The van der Waals surface area contributed by atoms with E-state index in [0.717, 1.165) is 12.1 Å².